The van der Waals surface area contributed by atoms with Crippen LogP contribution in [0.4, 0.5) is 0 Å². The first-order chi connectivity index (χ1) is 21.9. The molecule has 4 atom stereocenters. The van der Waals surface area contributed by atoms with Crippen molar-refractivity contribution in [2.45, 2.75) is 111 Å². The van der Waals surface area contributed by atoms with Crippen molar-refractivity contribution in [1.82, 2.24) is 0 Å². The van der Waals surface area contributed by atoms with Gasteiger partial charge in [-0.05, 0) is 84.9 Å². The fourth-order valence-electron chi connectivity index (χ4n) is 9.14. The second-order valence-corrected chi connectivity index (χ2v) is 19.4. The van der Waals surface area contributed by atoms with Crippen molar-refractivity contribution in [3.63, 3.8) is 0 Å². The van der Waals surface area contributed by atoms with Crippen LogP contribution >= 0.6 is 15.8 Å². The number of hydrogen-bond donors (Lipinski definition) is 0. The summed E-state index contributed by atoms with van der Waals surface area (Å²) < 4.78 is 0. The van der Waals surface area contributed by atoms with E-state index in [-0.39, 0.29) is 47.8 Å². The molecule has 0 unspecified atom stereocenters. The molecule has 0 spiro atoms. The zero-order valence-corrected chi connectivity index (χ0v) is 31.6. The van der Waals surface area contributed by atoms with E-state index in [2.05, 4.69) is 121 Å². The Morgan fingerprint density at radius 1 is 0.319 bits per heavy atom. The van der Waals surface area contributed by atoms with Gasteiger partial charge in [0.1, 0.15) is 0 Å². The molecule has 47 heavy (non-hydrogen) atoms. The molecule has 250 valence electrons. The van der Waals surface area contributed by atoms with Crippen LogP contribution in [0.1, 0.15) is 122 Å². The fourth-order valence-corrected chi connectivity index (χ4v) is 17.8. The molecular formula is C44H56FeP2. The third kappa shape index (κ3) is 8.90. The molecule has 2 saturated carbocycles. The zero-order valence-electron chi connectivity index (χ0n) is 28.7. The van der Waals surface area contributed by atoms with Crippen LogP contribution in [0.2, 0.25) is 0 Å². The van der Waals surface area contributed by atoms with Gasteiger partial charge in [0, 0.05) is 22.6 Å². The van der Waals surface area contributed by atoms with Crippen LogP contribution in [0.15, 0.2) is 121 Å². The average molecular weight is 703 g/mol. The Hall–Kier alpha value is -1.74. The van der Waals surface area contributed by atoms with Crippen molar-refractivity contribution in [1.29, 1.82) is 0 Å². The normalized spacial score (nSPS) is 24.9. The predicted octanol–water partition coefficient (Wildman–Crippen LogP) is 14.3. The summed E-state index contributed by atoms with van der Waals surface area (Å²) >= 11 is 0. The molecule has 4 aromatic rings. The molecule has 4 fully saturated rings. The summed E-state index contributed by atoms with van der Waals surface area (Å²) in [6.45, 7) is 0. The van der Waals surface area contributed by atoms with Gasteiger partial charge in [0.05, 0.1) is 0 Å². The van der Waals surface area contributed by atoms with Gasteiger partial charge in [0.15, 0.2) is 0 Å². The molecule has 0 amide bonds. The quantitative estimate of drug-likeness (QED) is 0.107. The largest absolute Gasteiger partial charge is 2.00 e. The molecule has 2 saturated heterocycles. The first-order valence-electron chi connectivity index (χ1n) is 17.6. The van der Waals surface area contributed by atoms with Gasteiger partial charge in [-0.3, -0.25) is 0 Å². The van der Waals surface area contributed by atoms with Gasteiger partial charge < -0.3 is 14.9 Å². The Bertz CT molecular complexity index is 1190. The van der Waals surface area contributed by atoms with Crippen LogP contribution in [0.25, 0.3) is 0 Å². The summed E-state index contributed by atoms with van der Waals surface area (Å²) in [4.78, 5) is 0. The summed E-state index contributed by atoms with van der Waals surface area (Å²) in [7, 11) is 0.149. The maximum absolute atomic E-state index is 2.38. The molecule has 2 heterocycles. The molecular weight excluding hydrogens is 646 g/mol. The first-order valence-corrected chi connectivity index (χ1v) is 20.7. The minimum Gasteiger partial charge on any atom is -0.358 e. The summed E-state index contributed by atoms with van der Waals surface area (Å²) in [5, 5.41) is 0. The third-order valence-corrected chi connectivity index (χ3v) is 18.9. The van der Waals surface area contributed by atoms with Crippen LogP contribution in [0.3, 0.4) is 0 Å². The maximum atomic E-state index is 2.38. The van der Waals surface area contributed by atoms with Crippen molar-refractivity contribution in [3.8, 4) is 0 Å². The van der Waals surface area contributed by atoms with Crippen LogP contribution in [-0.4, -0.2) is 11.3 Å². The van der Waals surface area contributed by atoms with Gasteiger partial charge >= 0.3 is 17.1 Å². The first kappa shape index (κ1) is 38.1. The van der Waals surface area contributed by atoms with E-state index < -0.39 is 0 Å². The third-order valence-electron chi connectivity index (χ3n) is 11.1. The van der Waals surface area contributed by atoms with E-state index in [9.17, 15) is 0 Å². The van der Waals surface area contributed by atoms with E-state index in [0.717, 1.165) is 34.0 Å². The Balaban J connectivity index is 0.000000200. The van der Waals surface area contributed by atoms with Crippen molar-refractivity contribution >= 4 is 15.8 Å². The van der Waals surface area contributed by atoms with Crippen LogP contribution in [0.5, 0.6) is 0 Å². The average Bonchev–Trinajstić information content (AvgIpc) is 3.93. The molecule has 0 nitrogen and oxygen atoms in total. The van der Waals surface area contributed by atoms with Crippen molar-refractivity contribution in [2.24, 2.45) is 0 Å². The minimum absolute atomic E-state index is 0. The minimum atomic E-state index is 0. The SMILES string of the molecule is [CH3-].[CH3-].[Fe+2].c1ccc([C@H]2CC[C@H](c3ccccc3)P2C2CCCC2)cc1.c1ccc([C@H]2CC[C@H](c3ccccc3)P2C2CCCC2)cc1. The Morgan fingerprint density at radius 2 is 0.532 bits per heavy atom. The van der Waals surface area contributed by atoms with Crippen LogP contribution < -0.4 is 0 Å². The molecule has 0 bridgehead atoms. The van der Waals surface area contributed by atoms with Crippen LogP contribution in [-0.2, 0) is 17.1 Å². The van der Waals surface area contributed by atoms with E-state index in [1.54, 1.807) is 22.3 Å². The van der Waals surface area contributed by atoms with Gasteiger partial charge in [-0.2, -0.15) is 0 Å². The van der Waals surface area contributed by atoms with Crippen molar-refractivity contribution < 1.29 is 17.1 Å². The second-order valence-electron chi connectivity index (χ2n) is 13.6. The second kappa shape index (κ2) is 18.9. The van der Waals surface area contributed by atoms with Gasteiger partial charge in [-0.25, -0.2) is 0 Å². The van der Waals surface area contributed by atoms with Crippen LogP contribution in [0, 0.1) is 14.9 Å². The number of benzene rings is 4. The molecule has 3 heteroatoms. The molecule has 4 aliphatic rings. The summed E-state index contributed by atoms with van der Waals surface area (Å²) in [5.74, 6) is 0. The predicted molar refractivity (Wildman–Crippen MR) is 206 cm³/mol. The van der Waals surface area contributed by atoms with Gasteiger partial charge in [-0.1, -0.05) is 163 Å². The number of hydrogen-bond acceptors (Lipinski definition) is 0. The fraction of sp³-hybridized carbons (Fsp3) is 0.409. The van der Waals surface area contributed by atoms with E-state index in [1.165, 1.54) is 77.0 Å². The Morgan fingerprint density at radius 3 is 0.745 bits per heavy atom. The smallest absolute Gasteiger partial charge is 0.358 e. The topological polar surface area (TPSA) is 0 Å². The summed E-state index contributed by atoms with van der Waals surface area (Å²) in [5.41, 5.74) is 11.8. The van der Waals surface area contributed by atoms with Crippen molar-refractivity contribution in [3.05, 3.63) is 158 Å². The van der Waals surface area contributed by atoms with E-state index in [0.29, 0.717) is 0 Å². The van der Waals surface area contributed by atoms with Gasteiger partial charge in [-0.15, -0.1) is 0 Å². The standard InChI is InChI=1S/2C21H25P.2CH3.Fe/c2*1-3-9-17(10-4-1)20-15-16-21(18-11-5-2-6-12-18)22(20)19-13-7-8-14-19;;;/h2*1-6,9-12,19-21H,7-8,13-16H2;2*1H3;/q;;2*-1;+2/t2*20-,21-;;;/m11.../s1. The summed E-state index contributed by atoms with van der Waals surface area (Å²) in [6, 6.07) is 45.5. The molecule has 0 aromatic heterocycles. The molecule has 0 N–H and O–H groups in total. The van der Waals surface area contributed by atoms with Gasteiger partial charge in [0.2, 0.25) is 0 Å². The molecule has 4 aromatic carbocycles. The van der Waals surface area contributed by atoms with E-state index in [1.807, 2.05) is 0 Å². The van der Waals surface area contributed by atoms with Gasteiger partial charge in [0.25, 0.3) is 0 Å². The number of rotatable bonds is 6. The van der Waals surface area contributed by atoms with E-state index in [4.69, 9.17) is 0 Å². The molecule has 2 aliphatic carbocycles. The zero-order chi connectivity index (χ0) is 29.6. The molecule has 8 rings (SSSR count). The molecule has 2 aliphatic heterocycles. The summed E-state index contributed by atoms with van der Waals surface area (Å²) in [6.07, 6.45) is 17.4. The Labute approximate surface area is 300 Å². The van der Waals surface area contributed by atoms with E-state index >= 15 is 0 Å². The van der Waals surface area contributed by atoms with Crippen molar-refractivity contribution in [2.75, 3.05) is 0 Å². The Kier molecular flexibility index (Phi) is 15.3. The molecule has 0 radical (unpaired) electrons. The maximum Gasteiger partial charge on any atom is 2.00 e. The monoisotopic (exact) mass is 702 g/mol.